The molecule has 0 aliphatic heterocycles. The van der Waals surface area contributed by atoms with Crippen molar-refractivity contribution >= 4 is 11.7 Å². The topological polar surface area (TPSA) is 46.6 Å². The molecule has 2 aromatic carbocycles. The van der Waals surface area contributed by atoms with Gasteiger partial charge in [-0.3, -0.25) is 9.59 Å². The van der Waals surface area contributed by atoms with Crippen LogP contribution in [0.4, 0.5) is 0 Å². The minimum absolute atomic E-state index is 0.0367. The molecule has 1 aliphatic carbocycles. The fourth-order valence-electron chi connectivity index (χ4n) is 3.48. The molecular weight excluding hydrogens is 326 g/mol. The zero-order chi connectivity index (χ0) is 18.5. The normalized spacial score (nSPS) is 12.5. The molecule has 4 nitrogen and oxygen atoms in total. The average Bonchev–Trinajstić information content (AvgIpc) is 3.13. The molecule has 0 atom stereocenters. The summed E-state index contributed by atoms with van der Waals surface area (Å²) in [7, 11) is 3.38. The quantitative estimate of drug-likeness (QED) is 0.713. The molecule has 0 saturated carbocycles. The first-order valence-corrected chi connectivity index (χ1v) is 9.09. The highest BCUT2D eigenvalue weighted by Crippen LogP contribution is 2.24. The Morgan fingerprint density at radius 2 is 1.81 bits per heavy atom. The summed E-state index contributed by atoms with van der Waals surface area (Å²) in [5.41, 5.74) is 4.33. The molecule has 0 heterocycles. The predicted molar refractivity (Wildman–Crippen MR) is 101 cm³/mol. The van der Waals surface area contributed by atoms with Crippen LogP contribution in [0.2, 0.25) is 0 Å². The number of hydrogen-bond donors (Lipinski definition) is 0. The standard InChI is InChI=1S/C22H25NO3/c1-23(15-19-6-3-4-9-21(19)26-2)22(25)13-12-20(24)18-11-10-16-7-5-8-17(16)14-18/h3-4,6,9-11,14H,5,7-8,12-13,15H2,1-2H3. The summed E-state index contributed by atoms with van der Waals surface area (Å²) in [5, 5.41) is 0. The zero-order valence-corrected chi connectivity index (χ0v) is 15.5. The molecule has 1 amide bonds. The molecule has 4 heteroatoms. The van der Waals surface area contributed by atoms with Crippen LogP contribution in [-0.4, -0.2) is 30.7 Å². The molecule has 3 rings (SSSR count). The monoisotopic (exact) mass is 351 g/mol. The molecule has 26 heavy (non-hydrogen) atoms. The van der Waals surface area contributed by atoms with Crippen LogP contribution in [0.25, 0.3) is 0 Å². The van der Waals surface area contributed by atoms with Gasteiger partial charge in [-0.25, -0.2) is 0 Å². The number of Topliss-reactive ketones (excluding diaryl/α,β-unsaturated/α-hetero) is 1. The third-order valence-electron chi connectivity index (χ3n) is 5.01. The third kappa shape index (κ3) is 4.13. The molecule has 136 valence electrons. The number of nitrogens with zero attached hydrogens (tertiary/aromatic N) is 1. The molecule has 0 bridgehead atoms. The van der Waals surface area contributed by atoms with Gasteiger partial charge in [0.1, 0.15) is 5.75 Å². The number of hydrogen-bond acceptors (Lipinski definition) is 3. The maximum Gasteiger partial charge on any atom is 0.223 e. The van der Waals surface area contributed by atoms with E-state index in [1.807, 2.05) is 36.4 Å². The van der Waals surface area contributed by atoms with Crippen LogP contribution in [0.3, 0.4) is 0 Å². The lowest BCUT2D eigenvalue weighted by atomic mass is 10.0. The van der Waals surface area contributed by atoms with Crippen LogP contribution in [0.1, 0.15) is 46.3 Å². The van der Waals surface area contributed by atoms with E-state index >= 15 is 0 Å². The number of carbonyl (C=O) groups is 2. The number of amides is 1. The van der Waals surface area contributed by atoms with Gasteiger partial charge in [-0.15, -0.1) is 0 Å². The van der Waals surface area contributed by atoms with E-state index in [4.69, 9.17) is 4.74 Å². The molecule has 0 spiro atoms. The molecular formula is C22H25NO3. The summed E-state index contributed by atoms with van der Waals surface area (Å²) in [6, 6.07) is 13.6. The van der Waals surface area contributed by atoms with E-state index in [0.717, 1.165) is 29.7 Å². The van der Waals surface area contributed by atoms with Crippen LogP contribution in [0.15, 0.2) is 42.5 Å². The average molecular weight is 351 g/mol. The SMILES string of the molecule is COc1ccccc1CN(C)C(=O)CCC(=O)c1ccc2c(c1)CCC2. The van der Waals surface area contributed by atoms with Crippen molar-refractivity contribution in [2.75, 3.05) is 14.2 Å². The Morgan fingerprint density at radius 1 is 1.04 bits per heavy atom. The first-order valence-electron chi connectivity index (χ1n) is 9.09. The van der Waals surface area contributed by atoms with Crippen molar-refractivity contribution < 1.29 is 14.3 Å². The Morgan fingerprint density at radius 3 is 2.62 bits per heavy atom. The summed E-state index contributed by atoms with van der Waals surface area (Å²) in [5.74, 6) is 0.769. The smallest absolute Gasteiger partial charge is 0.223 e. The Kier molecular flexibility index (Phi) is 5.71. The first-order chi connectivity index (χ1) is 12.6. The van der Waals surface area contributed by atoms with Crippen molar-refractivity contribution in [3.8, 4) is 5.75 Å². The van der Waals surface area contributed by atoms with Gasteiger partial charge in [0, 0.05) is 37.6 Å². The number of ether oxygens (including phenoxy) is 1. The molecule has 0 fully saturated rings. The number of benzene rings is 2. The lowest BCUT2D eigenvalue weighted by Crippen LogP contribution is -2.26. The second kappa shape index (κ2) is 8.17. The Balaban J connectivity index is 1.55. The second-order valence-corrected chi connectivity index (χ2v) is 6.82. The van der Waals surface area contributed by atoms with Crippen LogP contribution in [0.5, 0.6) is 5.75 Å². The van der Waals surface area contributed by atoms with Gasteiger partial charge in [-0.05, 0) is 42.5 Å². The van der Waals surface area contributed by atoms with Gasteiger partial charge >= 0.3 is 0 Å². The highest BCUT2D eigenvalue weighted by Gasteiger charge is 2.17. The van der Waals surface area contributed by atoms with E-state index in [9.17, 15) is 9.59 Å². The van der Waals surface area contributed by atoms with Crippen molar-refractivity contribution in [1.29, 1.82) is 0 Å². The second-order valence-electron chi connectivity index (χ2n) is 6.82. The summed E-state index contributed by atoms with van der Waals surface area (Å²) < 4.78 is 5.33. The van der Waals surface area contributed by atoms with Crippen molar-refractivity contribution in [3.63, 3.8) is 0 Å². The van der Waals surface area contributed by atoms with Gasteiger partial charge in [0.15, 0.2) is 5.78 Å². The lowest BCUT2D eigenvalue weighted by Gasteiger charge is -2.18. The third-order valence-corrected chi connectivity index (χ3v) is 5.01. The van der Waals surface area contributed by atoms with E-state index in [0.29, 0.717) is 6.54 Å². The fraction of sp³-hybridized carbons (Fsp3) is 0.364. The number of methoxy groups -OCH3 is 1. The number of para-hydroxylation sites is 1. The Bertz CT molecular complexity index is 813. The van der Waals surface area contributed by atoms with E-state index in [2.05, 4.69) is 6.07 Å². The number of ketones is 1. The van der Waals surface area contributed by atoms with Gasteiger partial charge in [0.2, 0.25) is 5.91 Å². The van der Waals surface area contributed by atoms with Gasteiger partial charge in [-0.2, -0.15) is 0 Å². The van der Waals surface area contributed by atoms with Gasteiger partial charge < -0.3 is 9.64 Å². The Labute approximate surface area is 154 Å². The molecule has 0 aromatic heterocycles. The molecule has 0 N–H and O–H groups in total. The number of carbonyl (C=O) groups excluding carboxylic acids is 2. The van der Waals surface area contributed by atoms with Crippen LogP contribution in [-0.2, 0) is 24.2 Å². The summed E-state index contributed by atoms with van der Waals surface area (Å²) in [6.07, 6.45) is 3.79. The van der Waals surface area contributed by atoms with E-state index in [-0.39, 0.29) is 24.5 Å². The minimum Gasteiger partial charge on any atom is -0.496 e. The van der Waals surface area contributed by atoms with Crippen LogP contribution >= 0.6 is 0 Å². The largest absolute Gasteiger partial charge is 0.496 e. The van der Waals surface area contributed by atoms with Gasteiger partial charge in [0.25, 0.3) is 0 Å². The number of fused-ring (bicyclic) bond motifs is 1. The van der Waals surface area contributed by atoms with Crippen molar-refractivity contribution in [3.05, 3.63) is 64.7 Å². The summed E-state index contributed by atoms with van der Waals surface area (Å²) in [6.45, 7) is 0.468. The van der Waals surface area contributed by atoms with Gasteiger partial charge in [0.05, 0.1) is 7.11 Å². The highest BCUT2D eigenvalue weighted by molar-refractivity contribution is 5.98. The Hall–Kier alpha value is -2.62. The van der Waals surface area contributed by atoms with Gasteiger partial charge in [-0.1, -0.05) is 30.3 Å². The van der Waals surface area contributed by atoms with E-state index in [1.54, 1.807) is 19.1 Å². The molecule has 1 aliphatic rings. The fourth-order valence-corrected chi connectivity index (χ4v) is 3.48. The zero-order valence-electron chi connectivity index (χ0n) is 15.5. The van der Waals surface area contributed by atoms with E-state index in [1.165, 1.54) is 17.5 Å². The molecule has 0 unspecified atom stereocenters. The van der Waals surface area contributed by atoms with Crippen LogP contribution in [0, 0.1) is 0 Å². The van der Waals surface area contributed by atoms with Crippen molar-refractivity contribution in [2.24, 2.45) is 0 Å². The lowest BCUT2D eigenvalue weighted by molar-refractivity contribution is -0.130. The van der Waals surface area contributed by atoms with Crippen molar-refractivity contribution in [1.82, 2.24) is 4.90 Å². The summed E-state index contributed by atoms with van der Waals surface area (Å²) in [4.78, 5) is 26.5. The predicted octanol–water partition coefficient (Wildman–Crippen LogP) is 3.81. The molecule has 2 aromatic rings. The number of aryl methyl sites for hydroxylation is 2. The van der Waals surface area contributed by atoms with Crippen LogP contribution < -0.4 is 4.74 Å². The summed E-state index contributed by atoms with van der Waals surface area (Å²) >= 11 is 0. The van der Waals surface area contributed by atoms with E-state index < -0.39 is 0 Å². The van der Waals surface area contributed by atoms with Crippen molar-refractivity contribution in [2.45, 2.75) is 38.6 Å². The first kappa shape index (κ1) is 18.2. The maximum atomic E-state index is 12.4. The minimum atomic E-state index is -0.0367. The maximum absolute atomic E-state index is 12.4. The highest BCUT2D eigenvalue weighted by atomic mass is 16.5. The molecule has 0 saturated heterocycles. The molecule has 0 radical (unpaired) electrons. The number of rotatable bonds is 7.